The molecule has 0 radical (unpaired) electrons. The molecule has 0 spiro atoms. The van der Waals surface area contributed by atoms with Crippen LogP contribution in [0.1, 0.15) is 19.0 Å². The highest BCUT2D eigenvalue weighted by atomic mass is 14.9. The van der Waals surface area contributed by atoms with Gasteiger partial charge in [-0.15, -0.1) is 11.8 Å². The van der Waals surface area contributed by atoms with E-state index in [2.05, 4.69) is 22.1 Å². The Morgan fingerprint density at radius 3 is 3.08 bits per heavy atom. The number of nitrogens with one attached hydrogen (secondary N) is 1. The van der Waals surface area contributed by atoms with Crippen molar-refractivity contribution in [1.82, 2.24) is 4.98 Å². The van der Waals surface area contributed by atoms with E-state index in [9.17, 15) is 0 Å². The third kappa shape index (κ3) is 3.62. The van der Waals surface area contributed by atoms with Gasteiger partial charge >= 0.3 is 0 Å². The fourth-order valence-corrected chi connectivity index (χ4v) is 1.05. The molecule has 0 atom stereocenters. The number of aromatic nitrogens is 1. The number of rotatable bonds is 3. The Bertz CT molecular complexity index is 320. The lowest BCUT2D eigenvalue weighted by Gasteiger charge is -2.03. The molecule has 0 unspecified atom stereocenters. The zero-order valence-corrected chi connectivity index (χ0v) is 8.09. The maximum absolute atomic E-state index is 4.12. The van der Waals surface area contributed by atoms with Gasteiger partial charge in [-0.2, -0.15) is 0 Å². The summed E-state index contributed by atoms with van der Waals surface area (Å²) in [7, 11) is 0. The summed E-state index contributed by atoms with van der Waals surface area (Å²) in [5.74, 6) is 5.87. The van der Waals surface area contributed by atoms with Crippen molar-refractivity contribution in [1.29, 1.82) is 0 Å². The van der Waals surface area contributed by atoms with Crippen molar-refractivity contribution in [2.75, 3.05) is 11.9 Å². The van der Waals surface area contributed by atoms with E-state index in [1.54, 1.807) is 0 Å². The van der Waals surface area contributed by atoms with Gasteiger partial charge in [0.05, 0.1) is 0 Å². The minimum absolute atomic E-state index is 0.887. The van der Waals surface area contributed by atoms with Crippen LogP contribution >= 0.6 is 0 Å². The number of anilines is 1. The Morgan fingerprint density at radius 1 is 1.54 bits per heavy atom. The molecule has 0 aliphatic heterocycles. The highest BCUT2D eigenvalue weighted by molar-refractivity contribution is 5.42. The highest BCUT2D eigenvalue weighted by Crippen LogP contribution is 2.06. The summed E-state index contributed by atoms with van der Waals surface area (Å²) in [4.78, 5) is 4.12. The second-order valence-electron chi connectivity index (χ2n) is 2.79. The largest absolute Gasteiger partial charge is 0.384 e. The molecule has 0 bridgehead atoms. The molecule has 1 heterocycles. The predicted molar refractivity (Wildman–Crippen MR) is 55.5 cm³/mol. The van der Waals surface area contributed by atoms with Crippen LogP contribution in [0.25, 0.3) is 0 Å². The molecule has 0 saturated carbocycles. The van der Waals surface area contributed by atoms with Crippen LogP contribution in [0.15, 0.2) is 18.3 Å². The van der Waals surface area contributed by atoms with Crippen molar-refractivity contribution in [2.24, 2.45) is 0 Å². The summed E-state index contributed by atoms with van der Waals surface area (Å²) in [6.45, 7) is 4.73. The average Bonchev–Trinajstić information content (AvgIpc) is 2.13. The summed E-state index contributed by atoms with van der Waals surface area (Å²) < 4.78 is 0. The summed E-state index contributed by atoms with van der Waals surface area (Å²) in [6, 6.07) is 3.99. The monoisotopic (exact) mass is 174 g/mol. The van der Waals surface area contributed by atoms with Crippen molar-refractivity contribution in [3.63, 3.8) is 0 Å². The summed E-state index contributed by atoms with van der Waals surface area (Å²) in [6.07, 6.45) is 2.70. The summed E-state index contributed by atoms with van der Waals surface area (Å²) >= 11 is 0. The quantitative estimate of drug-likeness (QED) is 0.561. The first kappa shape index (κ1) is 9.60. The minimum atomic E-state index is 0.887. The van der Waals surface area contributed by atoms with Crippen LogP contribution in [-0.2, 0) is 0 Å². The van der Waals surface area contributed by atoms with Gasteiger partial charge in [0.15, 0.2) is 0 Å². The molecule has 0 aliphatic carbocycles. The Balaban J connectivity index is 2.39. The van der Waals surface area contributed by atoms with Gasteiger partial charge in [-0.3, -0.25) is 4.98 Å². The smallest absolute Gasteiger partial charge is 0.0393 e. The first-order valence-electron chi connectivity index (χ1n) is 4.39. The normalized spacial score (nSPS) is 8.77. The fourth-order valence-electron chi connectivity index (χ4n) is 1.05. The van der Waals surface area contributed by atoms with Gasteiger partial charge < -0.3 is 5.32 Å². The maximum atomic E-state index is 4.12. The van der Waals surface area contributed by atoms with Gasteiger partial charge in [0.2, 0.25) is 0 Å². The van der Waals surface area contributed by atoms with E-state index in [1.165, 1.54) is 0 Å². The van der Waals surface area contributed by atoms with Crippen molar-refractivity contribution >= 4 is 5.69 Å². The molecular formula is C11H14N2. The van der Waals surface area contributed by atoms with Crippen LogP contribution in [0.4, 0.5) is 5.69 Å². The van der Waals surface area contributed by atoms with E-state index in [-0.39, 0.29) is 0 Å². The van der Waals surface area contributed by atoms with Crippen molar-refractivity contribution in [3.8, 4) is 11.8 Å². The van der Waals surface area contributed by atoms with Gasteiger partial charge in [-0.05, 0) is 26.0 Å². The van der Waals surface area contributed by atoms with Crippen LogP contribution < -0.4 is 5.32 Å². The van der Waals surface area contributed by atoms with Crippen molar-refractivity contribution in [2.45, 2.75) is 20.3 Å². The molecule has 0 fully saturated rings. The number of hydrogen-bond acceptors (Lipinski definition) is 2. The molecule has 0 aliphatic rings. The van der Waals surface area contributed by atoms with E-state index in [1.807, 2.05) is 32.2 Å². The zero-order chi connectivity index (χ0) is 9.52. The number of hydrogen-bond donors (Lipinski definition) is 1. The predicted octanol–water partition coefficient (Wildman–Crippen LogP) is 2.22. The molecule has 1 N–H and O–H groups in total. The standard InChI is InChI=1S/C11H14N2/c1-3-4-5-7-13-11-6-8-12-10(2)9-11/h6,8-9H,5,7H2,1-2H3,(H,12,13). The minimum Gasteiger partial charge on any atom is -0.384 e. The lowest BCUT2D eigenvalue weighted by Crippen LogP contribution is -2.00. The van der Waals surface area contributed by atoms with E-state index >= 15 is 0 Å². The Kier molecular flexibility index (Phi) is 3.84. The molecule has 0 saturated heterocycles. The Hall–Kier alpha value is -1.49. The van der Waals surface area contributed by atoms with Gasteiger partial charge in [-0.1, -0.05) is 0 Å². The van der Waals surface area contributed by atoms with Gasteiger partial charge in [0.1, 0.15) is 0 Å². The molecule has 1 rings (SSSR count). The molecule has 13 heavy (non-hydrogen) atoms. The van der Waals surface area contributed by atoms with Gasteiger partial charge in [-0.25, -0.2) is 0 Å². The lowest BCUT2D eigenvalue weighted by molar-refractivity contribution is 1.09. The van der Waals surface area contributed by atoms with Crippen LogP contribution in [0.5, 0.6) is 0 Å². The molecular weight excluding hydrogens is 160 g/mol. The highest BCUT2D eigenvalue weighted by Gasteiger charge is 1.90. The molecule has 1 aromatic rings. The number of pyridine rings is 1. The summed E-state index contributed by atoms with van der Waals surface area (Å²) in [5.41, 5.74) is 2.15. The lowest BCUT2D eigenvalue weighted by atomic mass is 10.3. The van der Waals surface area contributed by atoms with E-state index in [4.69, 9.17) is 0 Å². The Morgan fingerprint density at radius 2 is 2.38 bits per heavy atom. The molecule has 2 nitrogen and oxygen atoms in total. The number of aryl methyl sites for hydroxylation is 1. The third-order valence-corrected chi connectivity index (χ3v) is 1.65. The van der Waals surface area contributed by atoms with Crippen LogP contribution in [-0.4, -0.2) is 11.5 Å². The molecule has 68 valence electrons. The van der Waals surface area contributed by atoms with Crippen molar-refractivity contribution in [3.05, 3.63) is 24.0 Å². The second-order valence-corrected chi connectivity index (χ2v) is 2.79. The number of nitrogens with zero attached hydrogens (tertiary/aromatic N) is 1. The maximum Gasteiger partial charge on any atom is 0.0393 e. The molecule has 1 aromatic heterocycles. The second kappa shape index (κ2) is 5.21. The molecule has 2 heteroatoms. The first-order valence-corrected chi connectivity index (χ1v) is 4.39. The Labute approximate surface area is 79.4 Å². The third-order valence-electron chi connectivity index (χ3n) is 1.65. The van der Waals surface area contributed by atoms with Gasteiger partial charge in [0, 0.05) is 30.5 Å². The topological polar surface area (TPSA) is 24.9 Å². The molecule has 0 amide bonds. The zero-order valence-electron chi connectivity index (χ0n) is 8.09. The fraction of sp³-hybridized carbons (Fsp3) is 0.364. The van der Waals surface area contributed by atoms with Crippen LogP contribution in [0.2, 0.25) is 0 Å². The van der Waals surface area contributed by atoms with Crippen molar-refractivity contribution < 1.29 is 0 Å². The average molecular weight is 174 g/mol. The van der Waals surface area contributed by atoms with Crippen LogP contribution in [0, 0.1) is 18.8 Å². The molecule has 0 aromatic carbocycles. The van der Waals surface area contributed by atoms with Gasteiger partial charge in [0.25, 0.3) is 0 Å². The van der Waals surface area contributed by atoms with E-state index in [0.29, 0.717) is 0 Å². The summed E-state index contributed by atoms with van der Waals surface area (Å²) in [5, 5.41) is 3.28. The van der Waals surface area contributed by atoms with Crippen LogP contribution in [0.3, 0.4) is 0 Å². The SMILES string of the molecule is CC#CCCNc1ccnc(C)c1. The first-order chi connectivity index (χ1) is 6.33. The van der Waals surface area contributed by atoms with E-state index in [0.717, 1.165) is 24.3 Å². The van der Waals surface area contributed by atoms with E-state index < -0.39 is 0 Å².